The summed E-state index contributed by atoms with van der Waals surface area (Å²) in [5.74, 6) is 0.691. The quantitative estimate of drug-likeness (QED) is 0.850. The van der Waals surface area contributed by atoms with Crippen LogP contribution in [0.5, 0.6) is 5.75 Å². The molecule has 5 heteroatoms. The molecule has 0 aliphatic carbocycles. The van der Waals surface area contributed by atoms with Gasteiger partial charge in [0.25, 0.3) is 0 Å². The number of ether oxygens (including phenoxy) is 1. The minimum Gasteiger partial charge on any atom is -0.496 e. The Balaban J connectivity index is 2.04. The Bertz CT molecular complexity index is 544. The lowest BCUT2D eigenvalue weighted by Gasteiger charge is -2.35. The van der Waals surface area contributed by atoms with Gasteiger partial charge in [-0.05, 0) is 44.0 Å². The summed E-state index contributed by atoms with van der Waals surface area (Å²) in [6.45, 7) is 2.99. The monoisotopic (exact) mass is 353 g/mol. The number of likely N-dealkylation sites (tertiary alicyclic amines) is 1. The molecule has 1 aromatic rings. The molecule has 0 aromatic heterocycles. The van der Waals surface area contributed by atoms with Gasteiger partial charge in [0, 0.05) is 29.2 Å². The van der Waals surface area contributed by atoms with Gasteiger partial charge < -0.3 is 14.7 Å². The maximum Gasteiger partial charge on any atom is 0.246 e. The number of rotatable bonds is 3. The maximum absolute atomic E-state index is 12.2. The largest absolute Gasteiger partial charge is 0.496 e. The van der Waals surface area contributed by atoms with Crippen LogP contribution in [0.2, 0.25) is 0 Å². The van der Waals surface area contributed by atoms with Crippen molar-refractivity contribution in [3.8, 4) is 5.75 Å². The van der Waals surface area contributed by atoms with Crippen LogP contribution in [-0.2, 0) is 4.79 Å². The molecule has 0 spiro atoms. The molecule has 0 radical (unpaired) electrons. The summed E-state index contributed by atoms with van der Waals surface area (Å²) in [5.41, 5.74) is 0.206. The zero-order valence-electron chi connectivity index (χ0n) is 12.3. The SMILES string of the molecule is COc1ccc(Br)cc1/C=C/C(=O)N1CCC(C)(O)CC1. The Kier molecular flexibility index (Phi) is 5.06. The Morgan fingerprint density at radius 3 is 2.71 bits per heavy atom. The average Bonchev–Trinajstić information content (AvgIpc) is 2.45. The second-order valence-electron chi connectivity index (χ2n) is 5.54. The van der Waals surface area contributed by atoms with Crippen LogP contribution in [0.1, 0.15) is 25.3 Å². The molecule has 1 fully saturated rings. The lowest BCUT2D eigenvalue weighted by Crippen LogP contribution is -2.44. The van der Waals surface area contributed by atoms with Gasteiger partial charge in [0.1, 0.15) is 5.75 Å². The summed E-state index contributed by atoms with van der Waals surface area (Å²) < 4.78 is 6.21. The number of aliphatic hydroxyl groups is 1. The average molecular weight is 354 g/mol. The minimum atomic E-state index is -0.645. The Morgan fingerprint density at radius 2 is 2.10 bits per heavy atom. The van der Waals surface area contributed by atoms with E-state index in [1.54, 1.807) is 24.2 Å². The third-order valence-corrected chi connectivity index (χ3v) is 4.24. The Morgan fingerprint density at radius 1 is 1.43 bits per heavy atom. The van der Waals surface area contributed by atoms with E-state index in [0.29, 0.717) is 25.9 Å². The van der Waals surface area contributed by atoms with Gasteiger partial charge in [-0.3, -0.25) is 4.79 Å². The van der Waals surface area contributed by atoms with Crippen LogP contribution in [0.15, 0.2) is 28.7 Å². The first-order chi connectivity index (χ1) is 9.91. The van der Waals surface area contributed by atoms with Crippen LogP contribution in [0, 0.1) is 0 Å². The van der Waals surface area contributed by atoms with Crippen LogP contribution in [0.25, 0.3) is 6.08 Å². The van der Waals surface area contributed by atoms with Crippen molar-refractivity contribution < 1.29 is 14.6 Å². The lowest BCUT2D eigenvalue weighted by atomic mass is 9.94. The van der Waals surface area contributed by atoms with Gasteiger partial charge in [0.15, 0.2) is 0 Å². The summed E-state index contributed by atoms with van der Waals surface area (Å²) in [6, 6.07) is 5.65. The molecule has 0 atom stereocenters. The van der Waals surface area contributed by atoms with E-state index >= 15 is 0 Å². The van der Waals surface area contributed by atoms with E-state index in [2.05, 4.69) is 15.9 Å². The van der Waals surface area contributed by atoms with Gasteiger partial charge in [0.2, 0.25) is 5.91 Å². The molecule has 4 nitrogen and oxygen atoms in total. The molecule has 1 aliphatic heterocycles. The van der Waals surface area contributed by atoms with Gasteiger partial charge in [-0.1, -0.05) is 15.9 Å². The smallest absolute Gasteiger partial charge is 0.246 e. The highest BCUT2D eigenvalue weighted by Gasteiger charge is 2.28. The summed E-state index contributed by atoms with van der Waals surface area (Å²) in [6.07, 6.45) is 4.56. The molecule has 1 amide bonds. The molecule has 1 aliphatic rings. The Hall–Kier alpha value is -1.33. The number of carbonyl (C=O) groups is 1. The minimum absolute atomic E-state index is 0.0347. The summed E-state index contributed by atoms with van der Waals surface area (Å²) in [5, 5.41) is 9.90. The number of hydrogen-bond acceptors (Lipinski definition) is 3. The number of carbonyl (C=O) groups excluding carboxylic acids is 1. The first-order valence-electron chi connectivity index (χ1n) is 6.94. The van der Waals surface area contributed by atoms with Crippen LogP contribution in [0.3, 0.4) is 0 Å². The molecule has 1 saturated heterocycles. The van der Waals surface area contributed by atoms with E-state index in [4.69, 9.17) is 4.74 Å². The van der Waals surface area contributed by atoms with E-state index in [1.165, 1.54) is 0 Å². The maximum atomic E-state index is 12.2. The van der Waals surface area contributed by atoms with Gasteiger partial charge >= 0.3 is 0 Å². The Labute approximate surface area is 133 Å². The molecular weight excluding hydrogens is 334 g/mol. The van der Waals surface area contributed by atoms with E-state index in [0.717, 1.165) is 15.8 Å². The third kappa shape index (κ3) is 4.32. The highest BCUT2D eigenvalue weighted by Crippen LogP contribution is 2.25. The van der Waals surface area contributed by atoms with Gasteiger partial charge in [-0.2, -0.15) is 0 Å². The molecule has 21 heavy (non-hydrogen) atoms. The van der Waals surface area contributed by atoms with Crippen LogP contribution in [0.4, 0.5) is 0 Å². The molecule has 2 rings (SSSR count). The van der Waals surface area contributed by atoms with E-state index in [-0.39, 0.29) is 5.91 Å². The predicted molar refractivity (Wildman–Crippen MR) is 86.2 cm³/mol. The zero-order valence-corrected chi connectivity index (χ0v) is 13.9. The van der Waals surface area contributed by atoms with Crippen molar-refractivity contribution >= 4 is 27.9 Å². The van der Waals surface area contributed by atoms with Crippen molar-refractivity contribution in [2.45, 2.75) is 25.4 Å². The second-order valence-corrected chi connectivity index (χ2v) is 6.46. The van der Waals surface area contributed by atoms with E-state index in [1.807, 2.05) is 25.1 Å². The van der Waals surface area contributed by atoms with Crippen LogP contribution < -0.4 is 4.74 Å². The number of nitrogens with zero attached hydrogens (tertiary/aromatic N) is 1. The van der Waals surface area contributed by atoms with Gasteiger partial charge in [-0.15, -0.1) is 0 Å². The highest BCUT2D eigenvalue weighted by molar-refractivity contribution is 9.10. The van der Waals surface area contributed by atoms with Crippen molar-refractivity contribution in [2.75, 3.05) is 20.2 Å². The summed E-state index contributed by atoms with van der Waals surface area (Å²) in [4.78, 5) is 13.9. The van der Waals surface area contributed by atoms with Crippen molar-refractivity contribution in [1.29, 1.82) is 0 Å². The third-order valence-electron chi connectivity index (χ3n) is 3.75. The first-order valence-corrected chi connectivity index (χ1v) is 7.73. The lowest BCUT2D eigenvalue weighted by molar-refractivity contribution is -0.129. The molecule has 1 N–H and O–H groups in total. The fourth-order valence-corrected chi connectivity index (χ4v) is 2.69. The zero-order chi connectivity index (χ0) is 15.5. The number of methoxy groups -OCH3 is 1. The van der Waals surface area contributed by atoms with Crippen molar-refractivity contribution in [3.05, 3.63) is 34.3 Å². The predicted octanol–water partition coefficient (Wildman–Crippen LogP) is 2.84. The van der Waals surface area contributed by atoms with E-state index < -0.39 is 5.60 Å². The number of piperidine rings is 1. The van der Waals surface area contributed by atoms with Crippen LogP contribution in [-0.4, -0.2) is 41.7 Å². The van der Waals surface area contributed by atoms with Gasteiger partial charge in [0.05, 0.1) is 12.7 Å². The molecule has 0 unspecified atom stereocenters. The number of amides is 1. The molecule has 0 bridgehead atoms. The van der Waals surface area contributed by atoms with Crippen LogP contribution >= 0.6 is 15.9 Å². The standard InChI is InChI=1S/C16H20BrNO3/c1-16(20)7-9-18(10-8-16)15(19)6-3-12-11-13(17)4-5-14(12)21-2/h3-6,11,20H,7-10H2,1-2H3/b6-3+. The normalized spacial score (nSPS) is 18.0. The van der Waals surface area contributed by atoms with Crippen molar-refractivity contribution in [1.82, 2.24) is 4.90 Å². The fourth-order valence-electron chi connectivity index (χ4n) is 2.31. The van der Waals surface area contributed by atoms with Crippen molar-refractivity contribution in [3.63, 3.8) is 0 Å². The molecular formula is C16H20BrNO3. The topological polar surface area (TPSA) is 49.8 Å². The first kappa shape index (κ1) is 16.0. The van der Waals surface area contributed by atoms with E-state index in [9.17, 15) is 9.90 Å². The summed E-state index contributed by atoms with van der Waals surface area (Å²) in [7, 11) is 1.61. The summed E-state index contributed by atoms with van der Waals surface area (Å²) >= 11 is 3.41. The number of hydrogen-bond donors (Lipinski definition) is 1. The number of halogens is 1. The fraction of sp³-hybridized carbons (Fsp3) is 0.438. The van der Waals surface area contributed by atoms with Gasteiger partial charge in [-0.25, -0.2) is 0 Å². The number of benzene rings is 1. The second kappa shape index (κ2) is 6.62. The molecule has 0 saturated carbocycles. The molecule has 1 heterocycles. The van der Waals surface area contributed by atoms with Crippen molar-refractivity contribution in [2.24, 2.45) is 0 Å². The molecule has 114 valence electrons. The molecule has 1 aromatic carbocycles. The highest BCUT2D eigenvalue weighted by atomic mass is 79.9.